The van der Waals surface area contributed by atoms with Crippen LogP contribution in [0.25, 0.3) is 0 Å². The van der Waals surface area contributed by atoms with Gasteiger partial charge in [-0.1, -0.05) is 221 Å². The monoisotopic (exact) mass is 1220 g/mol. The van der Waals surface area contributed by atoms with E-state index in [1.54, 1.807) is 6.33 Å². The lowest BCUT2D eigenvalue weighted by Gasteiger charge is -2.37. The Kier molecular flexibility index (Phi) is 38.2. The first-order valence-corrected chi connectivity index (χ1v) is 37.0. The maximum atomic E-state index is 5.33. The fourth-order valence-corrected chi connectivity index (χ4v) is 15.2. The van der Waals surface area contributed by atoms with E-state index in [-0.39, 0.29) is 0 Å². The van der Waals surface area contributed by atoms with Crippen molar-refractivity contribution in [3.05, 3.63) is 78.4 Å². The highest BCUT2D eigenvalue weighted by atomic mass is 16.5. The Bertz CT molecular complexity index is 2060. The molecule has 4 saturated carbocycles. The van der Waals surface area contributed by atoms with Crippen molar-refractivity contribution in [2.75, 3.05) is 63.2 Å². The number of aromatic amines is 1. The van der Waals surface area contributed by atoms with Gasteiger partial charge in [-0.3, -0.25) is 0 Å². The third-order valence-corrected chi connectivity index (χ3v) is 21.8. The molecular formula is C80H147N7O. The number of para-hydroxylation sites is 2. The zero-order valence-corrected chi connectivity index (χ0v) is 62.2. The summed E-state index contributed by atoms with van der Waals surface area (Å²) in [4.78, 5) is 9.45. The largest absolute Gasteiger partial charge is 0.381 e. The van der Waals surface area contributed by atoms with Gasteiger partial charge in [0.1, 0.15) is 0 Å². The zero-order chi connectivity index (χ0) is 65.6. The molecule has 7 fully saturated rings. The molecule has 0 bridgehead atoms. The number of nitrogens with zero attached hydrogens (tertiary/aromatic N) is 2. The highest BCUT2D eigenvalue weighted by molar-refractivity contribution is 5.56. The Balaban J connectivity index is 0.000000261. The smallest absolute Gasteiger partial charge is 0.0921 e. The van der Waals surface area contributed by atoms with E-state index in [1.165, 1.54) is 99.9 Å². The van der Waals surface area contributed by atoms with Crippen LogP contribution < -0.4 is 26.2 Å². The molecule has 11 rings (SSSR count). The molecule has 88 heavy (non-hydrogen) atoms. The second-order valence-corrected chi connectivity index (χ2v) is 32.2. The molecule has 14 unspecified atom stereocenters. The average molecular weight is 1220 g/mol. The molecule has 8 aliphatic rings. The van der Waals surface area contributed by atoms with Crippen molar-refractivity contribution in [1.29, 1.82) is 0 Å². The van der Waals surface area contributed by atoms with Crippen LogP contribution in [0.2, 0.25) is 0 Å². The number of anilines is 2. The molecule has 0 amide bonds. The normalized spacial score (nSPS) is 29.1. The first-order chi connectivity index (χ1) is 41.7. The predicted molar refractivity (Wildman–Crippen MR) is 389 cm³/mol. The molecule has 3 saturated heterocycles. The number of aromatic nitrogens is 2. The summed E-state index contributed by atoms with van der Waals surface area (Å²) in [5.41, 5.74) is 5.38. The van der Waals surface area contributed by atoms with E-state index in [9.17, 15) is 0 Å². The van der Waals surface area contributed by atoms with E-state index in [1.807, 2.05) is 6.20 Å². The van der Waals surface area contributed by atoms with Crippen LogP contribution in [-0.4, -0.2) is 81.1 Å². The molecule has 4 aliphatic heterocycles. The zero-order valence-electron chi connectivity index (χ0n) is 62.2. The second-order valence-electron chi connectivity index (χ2n) is 32.2. The minimum Gasteiger partial charge on any atom is -0.381 e. The number of hydrogen-bond acceptors (Lipinski definition) is 7. The van der Waals surface area contributed by atoms with Gasteiger partial charge in [0.15, 0.2) is 0 Å². The van der Waals surface area contributed by atoms with Crippen LogP contribution in [0.15, 0.2) is 67.1 Å². The molecule has 14 atom stereocenters. The van der Waals surface area contributed by atoms with Gasteiger partial charge >= 0.3 is 0 Å². The fraction of sp³-hybridized carbons (Fsp3) is 0.812. The van der Waals surface area contributed by atoms with Gasteiger partial charge in [0, 0.05) is 74.2 Å². The molecule has 1 aromatic heterocycles. The van der Waals surface area contributed by atoms with Crippen LogP contribution in [0.5, 0.6) is 0 Å². The van der Waals surface area contributed by atoms with Crippen LogP contribution in [0.1, 0.15) is 228 Å². The summed E-state index contributed by atoms with van der Waals surface area (Å²) >= 11 is 0. The number of imidazole rings is 1. The van der Waals surface area contributed by atoms with Crippen molar-refractivity contribution >= 4 is 11.4 Å². The van der Waals surface area contributed by atoms with Crippen molar-refractivity contribution in [3.8, 4) is 0 Å². The first kappa shape index (κ1) is 79.3. The van der Waals surface area contributed by atoms with Gasteiger partial charge in [-0.15, -0.1) is 0 Å². The van der Waals surface area contributed by atoms with Crippen molar-refractivity contribution < 1.29 is 4.74 Å². The van der Waals surface area contributed by atoms with E-state index in [4.69, 9.17) is 4.74 Å². The lowest BCUT2D eigenvalue weighted by Crippen LogP contribution is -2.52. The van der Waals surface area contributed by atoms with Gasteiger partial charge in [-0.2, -0.15) is 0 Å². The molecule has 0 radical (unpaired) electrons. The molecule has 8 nitrogen and oxygen atoms in total. The molecule has 508 valence electrons. The molecule has 8 heteroatoms. The number of piperazine rings is 1. The molecule has 5 heterocycles. The van der Waals surface area contributed by atoms with E-state index < -0.39 is 0 Å². The quantitative estimate of drug-likeness (QED) is 0.123. The lowest BCUT2D eigenvalue weighted by molar-refractivity contribution is 0.139. The van der Waals surface area contributed by atoms with Gasteiger partial charge in [-0.05, 0) is 207 Å². The molecule has 4 aliphatic carbocycles. The maximum absolute atomic E-state index is 5.33. The Morgan fingerprint density at radius 3 is 1.45 bits per heavy atom. The van der Waals surface area contributed by atoms with Gasteiger partial charge in [-0.25, -0.2) is 4.98 Å². The van der Waals surface area contributed by atoms with Gasteiger partial charge in [0.2, 0.25) is 0 Å². The highest BCUT2D eigenvalue weighted by Gasteiger charge is 2.35. The third kappa shape index (κ3) is 29.4. The summed E-state index contributed by atoms with van der Waals surface area (Å²) in [6, 6.07) is 21.3. The molecule has 3 aromatic rings. The topological polar surface area (TPSA) is 89.3 Å². The van der Waals surface area contributed by atoms with Crippen molar-refractivity contribution in [2.45, 2.75) is 248 Å². The third-order valence-electron chi connectivity index (χ3n) is 21.8. The van der Waals surface area contributed by atoms with E-state index in [0.717, 1.165) is 152 Å². The minimum absolute atomic E-state index is 0.624. The molecular weight excluding hydrogens is 1070 g/mol. The minimum atomic E-state index is 0.624. The summed E-state index contributed by atoms with van der Waals surface area (Å²) < 4.78 is 5.33. The van der Waals surface area contributed by atoms with Crippen molar-refractivity contribution in [3.63, 3.8) is 0 Å². The van der Waals surface area contributed by atoms with E-state index >= 15 is 0 Å². The Morgan fingerprint density at radius 2 is 1.09 bits per heavy atom. The van der Waals surface area contributed by atoms with Crippen molar-refractivity contribution in [2.24, 2.45) is 118 Å². The number of fused-ring (bicyclic) bond motifs is 1. The highest BCUT2D eigenvalue weighted by Crippen LogP contribution is 2.43. The maximum Gasteiger partial charge on any atom is 0.0921 e. The summed E-state index contributed by atoms with van der Waals surface area (Å²) in [5.74, 6) is 18.0. The van der Waals surface area contributed by atoms with Crippen LogP contribution in [0, 0.1) is 118 Å². The fourth-order valence-electron chi connectivity index (χ4n) is 15.2. The summed E-state index contributed by atoms with van der Waals surface area (Å²) in [7, 11) is 2.09. The standard InChI is InChI=1S/C13H20N2.C11H15N.C9H19N.C9H18.C8H17N.C8H16O.C8H16.C7H12N2.C7H14/c1-11(2)13-10-15(9-8-14-13)12-6-4-3-5-7-12;1-8(2)11-7-9-5-3-4-6-10(9)12-11;1-7(2)8-5-4-6-9(8)10-3;1-7(2)9-6-4-5-8(9)3;2*1-6(2)8-5-9-4-7(8)3;1-6(2)8-5-4-7(8)3;1-6(2)3-7-4-8-5-9-7;1-5(2)7-4-6(7)3/h3-7,11,13-14H,8-10H2,1-2H3;3-6,8,11-12H,7H2,1-2H3;7-10H,4-6H2,1-3H3;7-9H,4-6H2,1-3H3;6-9H,4-5H2,1-3H3;6-8H,4-5H2,1-3H3;6-8H,4-5H2,1-3H3;4-6H,3H2,1-2H3,(H,8,9);5-7H,4H2,1-3H3. The van der Waals surface area contributed by atoms with Crippen LogP contribution in [0.4, 0.5) is 11.4 Å². The van der Waals surface area contributed by atoms with Crippen LogP contribution in [0.3, 0.4) is 0 Å². The van der Waals surface area contributed by atoms with Gasteiger partial charge < -0.3 is 35.9 Å². The second kappa shape index (κ2) is 42.3. The Hall–Kier alpha value is -2.91. The summed E-state index contributed by atoms with van der Waals surface area (Å²) in [6.07, 6.45) is 19.0. The molecule has 5 N–H and O–H groups in total. The number of H-pyrrole nitrogens is 1. The summed E-state index contributed by atoms with van der Waals surface area (Å²) in [5, 5.41) is 13.9. The van der Waals surface area contributed by atoms with Crippen molar-refractivity contribution in [1.82, 2.24) is 25.9 Å². The average Bonchev–Trinajstić information content (AvgIpc) is 4.41. The van der Waals surface area contributed by atoms with E-state index in [2.05, 4.69) is 257 Å². The number of benzene rings is 2. The number of hydrogen-bond donors (Lipinski definition) is 5. The first-order valence-electron chi connectivity index (χ1n) is 37.0. The lowest BCUT2D eigenvalue weighted by atomic mass is 9.69. The van der Waals surface area contributed by atoms with Gasteiger partial charge in [0.25, 0.3) is 0 Å². The molecule has 2 aromatic carbocycles. The van der Waals surface area contributed by atoms with E-state index in [0.29, 0.717) is 23.9 Å². The van der Waals surface area contributed by atoms with Gasteiger partial charge in [0.05, 0.1) is 6.33 Å². The SMILES string of the molecule is CC(C)C1CC1C.CC(C)C1CCC1C.CC(C)C1CCCC1C.CC(C)C1CN(c2ccccc2)CCN1.CC(C)C1CNCC1C.CC(C)C1COCC1C.CC(C)C1Cc2ccccc2N1.CC(C)Cc1cnc[nH]1.CNC1CCCC1C(C)C. The van der Waals surface area contributed by atoms with Crippen LogP contribution >= 0.6 is 0 Å². The molecule has 0 spiro atoms. The summed E-state index contributed by atoms with van der Waals surface area (Å²) in [6.45, 7) is 60.8. The predicted octanol–water partition coefficient (Wildman–Crippen LogP) is 19.9. The number of ether oxygens (including phenoxy) is 1. The van der Waals surface area contributed by atoms with Crippen LogP contribution in [-0.2, 0) is 17.6 Å². The number of nitrogens with one attached hydrogen (secondary N) is 5. The Morgan fingerprint density at radius 1 is 0.534 bits per heavy atom. The number of rotatable bonds is 12. The Labute approximate surface area is 547 Å².